The van der Waals surface area contributed by atoms with Gasteiger partial charge in [0.05, 0.1) is 12.4 Å². The maximum atomic E-state index is 12.9. The normalized spacial score (nSPS) is 30.2. The highest BCUT2D eigenvalue weighted by Gasteiger charge is 2.47. The predicted molar refractivity (Wildman–Crippen MR) is 78.5 cm³/mol. The van der Waals surface area contributed by atoms with Gasteiger partial charge in [-0.25, -0.2) is 13.4 Å². The first kappa shape index (κ1) is 15.0. The maximum Gasteiger partial charge on any atom is 0.262 e. The molecule has 7 heteroatoms. The second kappa shape index (κ2) is 5.37. The van der Waals surface area contributed by atoms with E-state index in [0.717, 1.165) is 25.7 Å². The van der Waals surface area contributed by atoms with E-state index < -0.39 is 10.0 Å². The van der Waals surface area contributed by atoms with E-state index in [1.54, 1.807) is 23.9 Å². The fourth-order valence-corrected chi connectivity index (χ4v) is 5.33. The zero-order valence-electron chi connectivity index (χ0n) is 12.8. The number of fused-ring (bicyclic) bond motifs is 2. The number of hydrogen-bond donors (Lipinski definition) is 0. The lowest BCUT2D eigenvalue weighted by atomic mass is 10.0. The number of hydrogen-bond acceptors (Lipinski definition) is 4. The summed E-state index contributed by atoms with van der Waals surface area (Å²) < 4.78 is 34.7. The molecule has 0 amide bonds. The summed E-state index contributed by atoms with van der Waals surface area (Å²) in [4.78, 5) is 4.12. The van der Waals surface area contributed by atoms with Crippen LogP contribution in [-0.4, -0.2) is 47.6 Å². The van der Waals surface area contributed by atoms with Gasteiger partial charge in [-0.05, 0) is 39.5 Å². The predicted octanol–water partition coefficient (Wildman–Crippen LogP) is 1.79. The Bertz CT molecular complexity index is 597. The zero-order valence-corrected chi connectivity index (χ0v) is 13.6. The van der Waals surface area contributed by atoms with E-state index in [0.29, 0.717) is 0 Å². The molecule has 3 rings (SSSR count). The maximum absolute atomic E-state index is 12.9. The molecule has 2 unspecified atom stereocenters. The fraction of sp³-hybridized carbons (Fsp3) is 0.786. The van der Waals surface area contributed by atoms with Crippen LogP contribution >= 0.6 is 0 Å². The van der Waals surface area contributed by atoms with Crippen molar-refractivity contribution in [2.75, 3.05) is 7.11 Å². The lowest BCUT2D eigenvalue weighted by molar-refractivity contribution is 0.0348. The first-order valence-corrected chi connectivity index (χ1v) is 8.97. The van der Waals surface area contributed by atoms with Crippen molar-refractivity contribution in [2.24, 2.45) is 0 Å². The van der Waals surface area contributed by atoms with Crippen LogP contribution in [0.3, 0.4) is 0 Å². The molecule has 2 aliphatic heterocycles. The van der Waals surface area contributed by atoms with Crippen LogP contribution in [0, 0.1) is 0 Å². The molecule has 1 aromatic rings. The third-order valence-corrected chi connectivity index (χ3v) is 6.56. The molecule has 6 nitrogen and oxygen atoms in total. The molecule has 1 aromatic heterocycles. The molecule has 0 radical (unpaired) electrons. The van der Waals surface area contributed by atoms with Crippen LogP contribution in [-0.2, 0) is 14.8 Å². The Kier molecular flexibility index (Phi) is 3.83. The van der Waals surface area contributed by atoms with Gasteiger partial charge in [0.2, 0.25) is 0 Å². The summed E-state index contributed by atoms with van der Waals surface area (Å²) in [6.07, 6.45) is 6.85. The van der Waals surface area contributed by atoms with E-state index in [2.05, 4.69) is 4.98 Å². The molecular weight excluding hydrogens is 290 g/mol. The second-order valence-corrected chi connectivity index (χ2v) is 8.09. The Hall–Kier alpha value is -0.920. The van der Waals surface area contributed by atoms with Gasteiger partial charge in [0, 0.05) is 31.4 Å². The summed E-state index contributed by atoms with van der Waals surface area (Å²) in [7, 11) is -1.79. The summed E-state index contributed by atoms with van der Waals surface area (Å²) in [6, 6.07) is 0.322. The Labute approximate surface area is 126 Å². The number of rotatable bonds is 4. The third-order valence-electron chi connectivity index (χ3n) is 4.67. The molecule has 2 aliphatic rings. The van der Waals surface area contributed by atoms with Gasteiger partial charge in [0.25, 0.3) is 10.0 Å². The third kappa shape index (κ3) is 2.51. The second-order valence-electron chi connectivity index (χ2n) is 6.30. The van der Waals surface area contributed by atoms with Gasteiger partial charge >= 0.3 is 0 Å². The van der Waals surface area contributed by atoms with E-state index in [1.165, 1.54) is 0 Å². The first-order chi connectivity index (χ1) is 9.93. The molecule has 0 aliphatic carbocycles. The monoisotopic (exact) mass is 313 g/mol. The average molecular weight is 313 g/mol. The lowest BCUT2D eigenvalue weighted by Crippen LogP contribution is -2.48. The van der Waals surface area contributed by atoms with E-state index in [1.807, 2.05) is 18.4 Å². The van der Waals surface area contributed by atoms with Crippen molar-refractivity contribution in [2.45, 2.75) is 68.8 Å². The molecule has 2 atom stereocenters. The average Bonchev–Trinajstić information content (AvgIpc) is 3.03. The molecule has 3 heterocycles. The van der Waals surface area contributed by atoms with Gasteiger partial charge in [-0.2, -0.15) is 4.31 Å². The van der Waals surface area contributed by atoms with Gasteiger partial charge in [-0.15, -0.1) is 0 Å². The number of ether oxygens (including phenoxy) is 1. The van der Waals surface area contributed by atoms with Crippen molar-refractivity contribution < 1.29 is 13.2 Å². The number of methoxy groups -OCH3 is 1. The van der Waals surface area contributed by atoms with Crippen molar-refractivity contribution in [3.63, 3.8) is 0 Å². The lowest BCUT2D eigenvalue weighted by Gasteiger charge is -2.36. The highest BCUT2D eigenvalue weighted by molar-refractivity contribution is 7.89. The SMILES string of the molecule is COC1CC2CCC(C1)N2S(=O)(=O)c1cn(C(C)C)cn1. The van der Waals surface area contributed by atoms with Crippen molar-refractivity contribution in [1.82, 2.24) is 13.9 Å². The number of sulfonamides is 1. The zero-order chi connectivity index (χ0) is 15.2. The Balaban J connectivity index is 1.88. The van der Waals surface area contributed by atoms with Crippen LogP contribution < -0.4 is 0 Å². The van der Waals surface area contributed by atoms with Crippen molar-refractivity contribution in [3.05, 3.63) is 12.5 Å². The van der Waals surface area contributed by atoms with E-state index in [-0.39, 0.29) is 29.3 Å². The molecule has 21 heavy (non-hydrogen) atoms. The van der Waals surface area contributed by atoms with E-state index >= 15 is 0 Å². The molecular formula is C14H23N3O3S. The summed E-state index contributed by atoms with van der Waals surface area (Å²) in [5.41, 5.74) is 0. The van der Waals surface area contributed by atoms with Gasteiger partial charge in [-0.1, -0.05) is 0 Å². The Morgan fingerprint density at radius 2 is 1.90 bits per heavy atom. The van der Waals surface area contributed by atoms with Gasteiger partial charge in [0.1, 0.15) is 0 Å². The molecule has 118 valence electrons. The van der Waals surface area contributed by atoms with Crippen LogP contribution in [0.5, 0.6) is 0 Å². The highest BCUT2D eigenvalue weighted by atomic mass is 32.2. The molecule has 0 aromatic carbocycles. The van der Waals surface area contributed by atoms with Crippen molar-refractivity contribution in [1.29, 1.82) is 0 Å². The number of aromatic nitrogens is 2. The molecule has 2 fully saturated rings. The topological polar surface area (TPSA) is 64.4 Å². The molecule has 2 saturated heterocycles. The standard InChI is InChI=1S/C14H23N3O3S/c1-10(2)16-8-14(15-9-16)21(18,19)17-11-4-5-12(17)7-13(6-11)20-3/h8-13H,4-7H2,1-3H3. The molecule has 0 spiro atoms. The van der Waals surface area contributed by atoms with Gasteiger partial charge in [0.15, 0.2) is 5.03 Å². The molecule has 2 bridgehead atoms. The summed E-state index contributed by atoms with van der Waals surface area (Å²) in [5.74, 6) is 0. The quantitative estimate of drug-likeness (QED) is 0.850. The fourth-order valence-electron chi connectivity index (χ4n) is 3.51. The Morgan fingerprint density at radius 3 is 2.38 bits per heavy atom. The van der Waals surface area contributed by atoms with Crippen molar-refractivity contribution >= 4 is 10.0 Å². The molecule has 0 saturated carbocycles. The number of imidazole rings is 1. The molecule has 0 N–H and O–H groups in total. The first-order valence-electron chi connectivity index (χ1n) is 7.53. The van der Waals surface area contributed by atoms with Gasteiger partial charge in [-0.3, -0.25) is 0 Å². The van der Waals surface area contributed by atoms with Crippen LogP contribution in [0.15, 0.2) is 17.6 Å². The largest absolute Gasteiger partial charge is 0.381 e. The minimum Gasteiger partial charge on any atom is -0.381 e. The van der Waals surface area contributed by atoms with E-state index in [4.69, 9.17) is 4.74 Å². The number of piperidine rings is 1. The smallest absolute Gasteiger partial charge is 0.262 e. The van der Waals surface area contributed by atoms with Gasteiger partial charge < -0.3 is 9.30 Å². The van der Waals surface area contributed by atoms with Crippen LogP contribution in [0.2, 0.25) is 0 Å². The minimum absolute atomic E-state index is 0.0582. The number of nitrogens with zero attached hydrogens (tertiary/aromatic N) is 3. The van der Waals surface area contributed by atoms with Crippen molar-refractivity contribution in [3.8, 4) is 0 Å². The summed E-state index contributed by atoms with van der Waals surface area (Å²) in [6.45, 7) is 4.01. The van der Waals surface area contributed by atoms with E-state index in [9.17, 15) is 8.42 Å². The Morgan fingerprint density at radius 1 is 1.29 bits per heavy atom. The van der Waals surface area contributed by atoms with Crippen LogP contribution in [0.25, 0.3) is 0 Å². The summed E-state index contributed by atoms with van der Waals surface area (Å²) in [5, 5.41) is 0.170. The van der Waals surface area contributed by atoms with Crippen LogP contribution in [0.4, 0.5) is 0 Å². The summed E-state index contributed by atoms with van der Waals surface area (Å²) >= 11 is 0. The minimum atomic E-state index is -3.50. The van der Waals surface area contributed by atoms with Crippen LogP contribution in [0.1, 0.15) is 45.6 Å². The highest BCUT2D eigenvalue weighted by Crippen LogP contribution is 2.40.